The van der Waals surface area contributed by atoms with E-state index in [4.69, 9.17) is 10.5 Å². The predicted molar refractivity (Wildman–Crippen MR) is 79.5 cm³/mol. The topological polar surface area (TPSA) is 41.7 Å². The van der Waals surface area contributed by atoms with Crippen LogP contribution in [0.25, 0.3) is 0 Å². The van der Waals surface area contributed by atoms with Crippen LogP contribution in [0.2, 0.25) is 0 Å². The van der Waals surface area contributed by atoms with Crippen LogP contribution in [0.1, 0.15) is 6.42 Å². The van der Waals surface area contributed by atoms with E-state index >= 15 is 0 Å². The van der Waals surface area contributed by atoms with Gasteiger partial charge in [0.25, 0.3) is 0 Å². The van der Waals surface area contributed by atoms with Crippen LogP contribution in [0.3, 0.4) is 0 Å². The van der Waals surface area contributed by atoms with Gasteiger partial charge in [-0.25, -0.2) is 4.39 Å². The van der Waals surface area contributed by atoms with Crippen molar-refractivity contribution in [2.75, 3.05) is 57.4 Å². The van der Waals surface area contributed by atoms with E-state index in [1.807, 2.05) is 12.1 Å². The number of nitrogens with zero attached hydrogens (tertiary/aromatic N) is 2. The lowest BCUT2D eigenvalue weighted by molar-refractivity contribution is 0.0391. The molecular formula is C15H24FN3O. The lowest BCUT2D eigenvalue weighted by Crippen LogP contribution is -2.42. The predicted octanol–water partition coefficient (Wildman–Crippen LogP) is 1.31. The summed E-state index contributed by atoms with van der Waals surface area (Å²) in [7, 11) is 0. The molecule has 0 amide bonds. The Kier molecular flexibility index (Phi) is 6.24. The van der Waals surface area contributed by atoms with Crippen molar-refractivity contribution in [3.05, 3.63) is 30.1 Å². The van der Waals surface area contributed by atoms with Crippen molar-refractivity contribution in [3.8, 4) is 0 Å². The Hall–Kier alpha value is -1.17. The molecule has 0 aliphatic carbocycles. The van der Waals surface area contributed by atoms with Crippen molar-refractivity contribution in [3.63, 3.8) is 0 Å². The van der Waals surface area contributed by atoms with Crippen molar-refractivity contribution >= 4 is 5.69 Å². The molecule has 1 saturated heterocycles. The van der Waals surface area contributed by atoms with Gasteiger partial charge in [0.1, 0.15) is 5.82 Å². The first-order chi connectivity index (χ1) is 9.79. The molecule has 2 rings (SSSR count). The molecular weight excluding hydrogens is 257 g/mol. The maximum Gasteiger partial charge on any atom is 0.123 e. The first-order valence-corrected chi connectivity index (χ1v) is 7.30. The van der Waals surface area contributed by atoms with Crippen LogP contribution in [0.15, 0.2) is 24.3 Å². The first kappa shape index (κ1) is 15.2. The van der Waals surface area contributed by atoms with Gasteiger partial charge in [-0.1, -0.05) is 0 Å². The molecule has 1 fully saturated rings. The summed E-state index contributed by atoms with van der Waals surface area (Å²) < 4.78 is 18.4. The normalized spacial score (nSPS) is 16.3. The Bertz CT molecular complexity index is 379. The highest BCUT2D eigenvalue weighted by Crippen LogP contribution is 2.15. The summed E-state index contributed by atoms with van der Waals surface area (Å²) >= 11 is 0. The van der Waals surface area contributed by atoms with Crippen LogP contribution in [0.4, 0.5) is 10.1 Å². The summed E-state index contributed by atoms with van der Waals surface area (Å²) in [4.78, 5) is 4.68. The second kappa shape index (κ2) is 8.19. The van der Waals surface area contributed by atoms with Gasteiger partial charge in [-0.2, -0.15) is 0 Å². The Morgan fingerprint density at radius 3 is 2.50 bits per heavy atom. The summed E-state index contributed by atoms with van der Waals surface area (Å²) in [6.07, 6.45) is 0.945. The number of halogens is 1. The number of rotatable bonds is 7. The smallest absolute Gasteiger partial charge is 0.123 e. The zero-order valence-corrected chi connectivity index (χ0v) is 11.9. The second-order valence-corrected chi connectivity index (χ2v) is 5.06. The summed E-state index contributed by atoms with van der Waals surface area (Å²) in [5.74, 6) is -0.194. The van der Waals surface area contributed by atoms with Crippen LogP contribution < -0.4 is 10.6 Å². The molecule has 2 N–H and O–H groups in total. The molecule has 0 radical (unpaired) electrons. The molecule has 20 heavy (non-hydrogen) atoms. The van der Waals surface area contributed by atoms with Gasteiger partial charge in [0, 0.05) is 38.4 Å². The quantitative estimate of drug-likeness (QED) is 0.818. The third kappa shape index (κ3) is 4.74. The van der Waals surface area contributed by atoms with E-state index in [9.17, 15) is 4.39 Å². The van der Waals surface area contributed by atoms with Crippen LogP contribution in [0, 0.1) is 5.82 Å². The van der Waals surface area contributed by atoms with Gasteiger partial charge >= 0.3 is 0 Å². The van der Waals surface area contributed by atoms with Crippen molar-refractivity contribution in [1.82, 2.24) is 4.90 Å². The Balaban J connectivity index is 1.90. The highest BCUT2D eigenvalue weighted by molar-refractivity contribution is 5.46. The van der Waals surface area contributed by atoms with Gasteiger partial charge < -0.3 is 15.4 Å². The molecule has 0 unspecified atom stereocenters. The average molecular weight is 281 g/mol. The minimum atomic E-state index is -0.194. The van der Waals surface area contributed by atoms with Gasteiger partial charge in [0.15, 0.2) is 0 Å². The minimum Gasteiger partial charge on any atom is -0.379 e. The van der Waals surface area contributed by atoms with Gasteiger partial charge in [-0.3, -0.25) is 4.90 Å². The van der Waals surface area contributed by atoms with Gasteiger partial charge in [0.2, 0.25) is 0 Å². The highest BCUT2D eigenvalue weighted by atomic mass is 19.1. The van der Waals surface area contributed by atoms with E-state index < -0.39 is 0 Å². The third-order valence-electron chi connectivity index (χ3n) is 3.61. The van der Waals surface area contributed by atoms with Crippen LogP contribution >= 0.6 is 0 Å². The number of nitrogens with two attached hydrogens (primary N) is 1. The summed E-state index contributed by atoms with van der Waals surface area (Å²) in [6, 6.07) is 6.70. The zero-order valence-electron chi connectivity index (χ0n) is 11.9. The van der Waals surface area contributed by atoms with E-state index in [1.165, 1.54) is 12.1 Å². The highest BCUT2D eigenvalue weighted by Gasteiger charge is 2.12. The molecule has 0 atom stereocenters. The van der Waals surface area contributed by atoms with Gasteiger partial charge in [-0.15, -0.1) is 0 Å². The van der Waals surface area contributed by atoms with E-state index in [2.05, 4.69) is 9.80 Å². The first-order valence-electron chi connectivity index (χ1n) is 7.30. The lowest BCUT2D eigenvalue weighted by atomic mass is 10.2. The summed E-state index contributed by atoms with van der Waals surface area (Å²) in [5, 5.41) is 0. The largest absolute Gasteiger partial charge is 0.379 e. The molecule has 4 nitrogen and oxygen atoms in total. The van der Waals surface area contributed by atoms with E-state index in [0.29, 0.717) is 6.54 Å². The Morgan fingerprint density at radius 2 is 1.85 bits per heavy atom. The molecule has 1 aliphatic heterocycles. The van der Waals surface area contributed by atoms with Crippen LogP contribution in [-0.4, -0.2) is 57.4 Å². The molecule has 1 aliphatic rings. The molecule has 1 aromatic rings. The zero-order chi connectivity index (χ0) is 14.2. The number of morpholine rings is 1. The van der Waals surface area contributed by atoms with Gasteiger partial charge in [0.05, 0.1) is 13.2 Å². The maximum atomic E-state index is 13.0. The van der Waals surface area contributed by atoms with Crippen molar-refractivity contribution in [2.45, 2.75) is 6.42 Å². The second-order valence-electron chi connectivity index (χ2n) is 5.06. The van der Waals surface area contributed by atoms with Crippen LogP contribution in [-0.2, 0) is 4.74 Å². The molecule has 0 bridgehead atoms. The van der Waals surface area contributed by atoms with E-state index in [1.54, 1.807) is 0 Å². The van der Waals surface area contributed by atoms with Crippen molar-refractivity contribution in [1.29, 1.82) is 0 Å². The monoisotopic (exact) mass is 281 g/mol. The van der Waals surface area contributed by atoms with Crippen molar-refractivity contribution in [2.24, 2.45) is 5.73 Å². The molecule has 5 heteroatoms. The molecule has 0 aromatic heterocycles. The number of hydrogen-bond acceptors (Lipinski definition) is 4. The average Bonchev–Trinajstić information content (AvgIpc) is 2.50. The molecule has 112 valence electrons. The minimum absolute atomic E-state index is 0.194. The van der Waals surface area contributed by atoms with Gasteiger partial charge in [-0.05, 0) is 37.2 Å². The lowest BCUT2D eigenvalue weighted by Gasteiger charge is -2.31. The number of benzene rings is 1. The molecule has 1 heterocycles. The van der Waals surface area contributed by atoms with E-state index in [0.717, 1.165) is 58.0 Å². The fourth-order valence-electron chi connectivity index (χ4n) is 2.39. The third-order valence-corrected chi connectivity index (χ3v) is 3.61. The standard InChI is InChI=1S/C15H24FN3O/c16-14-2-4-15(5-3-14)19(7-1-6-17)9-8-18-10-12-20-13-11-18/h2-5H,1,6-13,17H2. The number of hydrogen-bond donors (Lipinski definition) is 1. The number of anilines is 1. The fourth-order valence-corrected chi connectivity index (χ4v) is 2.39. The summed E-state index contributed by atoms with van der Waals surface area (Å²) in [6.45, 7) is 7.15. The Morgan fingerprint density at radius 1 is 1.15 bits per heavy atom. The molecule has 1 aromatic carbocycles. The van der Waals surface area contributed by atoms with Crippen LogP contribution in [0.5, 0.6) is 0 Å². The molecule has 0 saturated carbocycles. The van der Waals surface area contributed by atoms with Crippen molar-refractivity contribution < 1.29 is 9.13 Å². The fraction of sp³-hybridized carbons (Fsp3) is 0.600. The SMILES string of the molecule is NCCCN(CCN1CCOCC1)c1ccc(F)cc1. The number of ether oxygens (including phenoxy) is 1. The van der Waals surface area contributed by atoms with E-state index in [-0.39, 0.29) is 5.82 Å². The summed E-state index contributed by atoms with van der Waals surface area (Å²) in [5.41, 5.74) is 6.67. The maximum absolute atomic E-state index is 13.0. The Labute approximate surface area is 120 Å². The molecule has 0 spiro atoms.